The van der Waals surface area contributed by atoms with Crippen LogP contribution in [0.15, 0.2) is 70.6 Å². The molecule has 1 N–H and O–H groups in total. The molecule has 4 heterocycles. The van der Waals surface area contributed by atoms with Crippen LogP contribution < -0.4 is 21.5 Å². The number of amides is 1. The normalized spacial score (nSPS) is 17.2. The number of rotatable bonds is 11. The van der Waals surface area contributed by atoms with Gasteiger partial charge in [-0.25, -0.2) is 18.5 Å². The molecule has 18 heteroatoms. The molecule has 2 aromatic carbocycles. The van der Waals surface area contributed by atoms with Crippen LogP contribution in [-0.2, 0) is 37.3 Å². The first-order valence-electron chi connectivity index (χ1n) is 20.0. The highest BCUT2D eigenvalue weighted by Gasteiger charge is 2.46. The van der Waals surface area contributed by atoms with E-state index in [1.54, 1.807) is 18.2 Å². The Labute approximate surface area is 346 Å². The molecule has 1 unspecified atom stereocenters. The summed E-state index contributed by atoms with van der Waals surface area (Å²) in [5, 5.41) is 3.15. The van der Waals surface area contributed by atoms with Crippen LogP contribution in [0.25, 0.3) is 27.5 Å². The molecule has 14 nitrogen and oxygen atoms in total. The Morgan fingerprint density at radius 1 is 1.02 bits per heavy atom. The molecule has 1 saturated carbocycles. The third-order valence-electron chi connectivity index (χ3n) is 11.3. The first kappa shape index (κ1) is 42.9. The summed E-state index contributed by atoms with van der Waals surface area (Å²) >= 11 is 0. The van der Waals surface area contributed by atoms with E-state index in [0.29, 0.717) is 16.5 Å². The van der Waals surface area contributed by atoms with E-state index in [0.717, 1.165) is 47.6 Å². The number of alkyl halides is 3. The number of hydrogen-bond acceptors (Lipinski definition) is 11. The fourth-order valence-corrected chi connectivity index (χ4v) is 8.22. The second kappa shape index (κ2) is 17.8. The average Bonchev–Trinajstić information content (AvgIpc) is 3.23. The van der Waals surface area contributed by atoms with Gasteiger partial charge in [0, 0.05) is 56.8 Å². The summed E-state index contributed by atoms with van der Waals surface area (Å²) in [6, 6.07) is 6.25. The van der Waals surface area contributed by atoms with E-state index >= 15 is 4.39 Å². The van der Waals surface area contributed by atoms with Gasteiger partial charge in [-0.15, -0.1) is 0 Å². The zero-order chi connectivity index (χ0) is 43.6. The quantitative estimate of drug-likeness (QED) is 0.100. The van der Waals surface area contributed by atoms with Gasteiger partial charge in [0.1, 0.15) is 17.9 Å². The van der Waals surface area contributed by atoms with Crippen LogP contribution in [0.2, 0.25) is 0 Å². The molecule has 1 amide bonds. The fraction of sp³-hybridized carbons (Fsp3) is 0.419. The molecule has 1 aliphatic carbocycles. The molecule has 1 saturated heterocycles. The number of anilines is 1. The molecule has 61 heavy (non-hydrogen) atoms. The average molecular weight is 849 g/mol. The molecule has 3 atom stereocenters. The zero-order valence-corrected chi connectivity index (χ0v) is 33.7. The molecular weight excluding hydrogens is 804 g/mol. The van der Waals surface area contributed by atoms with E-state index in [2.05, 4.69) is 15.3 Å². The van der Waals surface area contributed by atoms with Gasteiger partial charge in [0.15, 0.2) is 0 Å². The van der Waals surface area contributed by atoms with Crippen LogP contribution in [0.1, 0.15) is 66.9 Å². The Hall–Kier alpha value is -6.17. The van der Waals surface area contributed by atoms with E-state index < -0.39 is 71.6 Å². The number of nitrogens with zero attached hydrogens (tertiary/aromatic N) is 5. The van der Waals surface area contributed by atoms with Gasteiger partial charge in [0.2, 0.25) is 6.29 Å². The summed E-state index contributed by atoms with van der Waals surface area (Å²) in [5.74, 6) is -3.65. The van der Waals surface area contributed by atoms with Crippen molar-refractivity contribution in [2.45, 2.75) is 83.3 Å². The first-order valence-corrected chi connectivity index (χ1v) is 20.0. The molecule has 2 aliphatic rings. The van der Waals surface area contributed by atoms with Crippen LogP contribution in [-0.4, -0.2) is 81.3 Å². The van der Waals surface area contributed by atoms with Gasteiger partial charge < -0.3 is 24.4 Å². The number of halogens is 4. The molecule has 322 valence electrons. The van der Waals surface area contributed by atoms with E-state index in [4.69, 9.17) is 14.2 Å². The number of carbonyl (C=O) groups is 3. The lowest BCUT2D eigenvalue weighted by Gasteiger charge is -2.38. The number of fused-ring (bicyclic) bond motifs is 2. The third kappa shape index (κ3) is 9.13. The van der Waals surface area contributed by atoms with Crippen molar-refractivity contribution in [3.63, 3.8) is 0 Å². The van der Waals surface area contributed by atoms with E-state index in [1.165, 1.54) is 62.3 Å². The summed E-state index contributed by atoms with van der Waals surface area (Å²) in [5.41, 5.74) is -0.865. The van der Waals surface area contributed by atoms with Crippen LogP contribution in [0, 0.1) is 18.7 Å². The van der Waals surface area contributed by atoms with Gasteiger partial charge in [-0.05, 0) is 67.1 Å². The van der Waals surface area contributed by atoms with Gasteiger partial charge >= 0.3 is 23.8 Å². The minimum absolute atomic E-state index is 0.00534. The highest BCUT2D eigenvalue weighted by Crippen LogP contribution is 2.33. The highest BCUT2D eigenvalue weighted by atomic mass is 19.4. The number of carbonyl (C=O) groups excluding carboxylic acids is 3. The van der Waals surface area contributed by atoms with Gasteiger partial charge in [-0.1, -0.05) is 31.4 Å². The minimum Gasteiger partial charge on any atom is -0.425 e. The van der Waals surface area contributed by atoms with Crippen molar-refractivity contribution in [2.24, 2.45) is 13.0 Å². The molecule has 0 spiro atoms. The summed E-state index contributed by atoms with van der Waals surface area (Å²) in [6.45, 7) is 1.87. The Morgan fingerprint density at radius 3 is 2.52 bits per heavy atom. The van der Waals surface area contributed by atoms with E-state index in [1.807, 2.05) is 0 Å². The summed E-state index contributed by atoms with van der Waals surface area (Å²) in [6.07, 6.45) is 2.97. The summed E-state index contributed by atoms with van der Waals surface area (Å²) in [7, 11) is 1.50. The monoisotopic (exact) mass is 848 g/mol. The molecule has 3 aromatic heterocycles. The highest BCUT2D eigenvalue weighted by molar-refractivity contribution is 5.99. The largest absolute Gasteiger partial charge is 0.425 e. The van der Waals surface area contributed by atoms with Crippen molar-refractivity contribution in [3.05, 3.63) is 104 Å². The number of aromatic nitrogens is 4. The van der Waals surface area contributed by atoms with Crippen molar-refractivity contribution in [2.75, 3.05) is 24.7 Å². The lowest BCUT2D eigenvalue weighted by Crippen LogP contribution is -2.53. The van der Waals surface area contributed by atoms with E-state index in [-0.39, 0.29) is 59.8 Å². The standard InChI is InChI=1S/C43H44F4N6O8/c1-24-18-28(52-16-17-59-23-35(52)43(45,46)47)21-31(44)37(24)39(55)50-32(41(57)61-25(2)60-36(54)19-26-8-5-4-6-9-26)20-27-11-12-33(38-29(27)10-7-14-49-38)53-40(56)30-13-15-48-22-34(30)51(3)42(53)58/h7,10-15,18,21-22,25-26,32,35H,4-6,8-9,16-17,19-20,23H2,1-3H3,(H,50,55)/t25?,32-,35+/m0/s1. The lowest BCUT2D eigenvalue weighted by atomic mass is 9.87. The topological polar surface area (TPSA) is 164 Å². The Morgan fingerprint density at radius 2 is 1.79 bits per heavy atom. The van der Waals surface area contributed by atoms with Crippen LogP contribution in [0.4, 0.5) is 23.2 Å². The van der Waals surface area contributed by atoms with Crippen LogP contribution in [0.3, 0.4) is 0 Å². The first-order chi connectivity index (χ1) is 29.1. The predicted octanol–water partition coefficient (Wildman–Crippen LogP) is 5.59. The molecule has 7 rings (SSSR count). The number of benzene rings is 2. The van der Waals surface area contributed by atoms with Crippen molar-refractivity contribution in [1.29, 1.82) is 0 Å². The van der Waals surface area contributed by atoms with Gasteiger partial charge in [0.25, 0.3) is 11.5 Å². The number of hydrogen-bond donors (Lipinski definition) is 1. The third-order valence-corrected chi connectivity index (χ3v) is 11.3. The maximum Gasteiger partial charge on any atom is 0.411 e. The maximum absolute atomic E-state index is 15.9. The Kier molecular flexibility index (Phi) is 12.5. The number of nitrogens with one attached hydrogen (secondary N) is 1. The summed E-state index contributed by atoms with van der Waals surface area (Å²) in [4.78, 5) is 77.5. The number of morpholine rings is 1. The molecule has 2 fully saturated rings. The lowest BCUT2D eigenvalue weighted by molar-refractivity contribution is -0.186. The predicted molar refractivity (Wildman–Crippen MR) is 215 cm³/mol. The Bertz CT molecular complexity index is 2580. The molecule has 1 aliphatic heterocycles. The Balaban J connectivity index is 1.21. The SMILES string of the molecule is Cc1cc(N2CCOC[C@@H]2C(F)(F)F)cc(F)c1C(=O)N[C@@H](Cc1ccc(-n2c(=O)c3ccncc3n(C)c2=O)c2ncccc12)C(=O)OC(C)OC(=O)CC1CCCCC1. The minimum atomic E-state index is -4.67. The summed E-state index contributed by atoms with van der Waals surface area (Å²) < 4.78 is 75.8. The zero-order valence-electron chi connectivity index (χ0n) is 33.7. The van der Waals surface area contributed by atoms with Gasteiger partial charge in [0.05, 0.1) is 47.1 Å². The van der Waals surface area contributed by atoms with Crippen LogP contribution in [0.5, 0.6) is 0 Å². The second-order valence-corrected chi connectivity index (χ2v) is 15.4. The van der Waals surface area contributed by atoms with Crippen molar-refractivity contribution in [3.8, 4) is 5.69 Å². The molecule has 0 bridgehead atoms. The molecular formula is C43H44F4N6O8. The number of aryl methyl sites for hydroxylation is 2. The molecule has 0 radical (unpaired) electrons. The van der Waals surface area contributed by atoms with Crippen molar-refractivity contribution < 1.29 is 46.2 Å². The van der Waals surface area contributed by atoms with Gasteiger partial charge in [-0.3, -0.25) is 28.9 Å². The number of pyridine rings is 2. The molecule has 5 aromatic rings. The maximum atomic E-state index is 15.9. The van der Waals surface area contributed by atoms with Crippen molar-refractivity contribution >= 4 is 45.3 Å². The second-order valence-electron chi connectivity index (χ2n) is 15.4. The van der Waals surface area contributed by atoms with E-state index in [9.17, 15) is 37.1 Å². The van der Waals surface area contributed by atoms with Crippen LogP contribution >= 0.6 is 0 Å². The van der Waals surface area contributed by atoms with Gasteiger partial charge in [-0.2, -0.15) is 13.2 Å². The fourth-order valence-electron chi connectivity index (χ4n) is 8.22. The smallest absolute Gasteiger partial charge is 0.411 e. The van der Waals surface area contributed by atoms with Crippen molar-refractivity contribution in [1.82, 2.24) is 24.4 Å². The number of ether oxygens (including phenoxy) is 3. The number of esters is 2.